The van der Waals surface area contributed by atoms with Crippen LogP contribution in [0.4, 0.5) is 10.2 Å². The van der Waals surface area contributed by atoms with Gasteiger partial charge in [0, 0.05) is 6.04 Å². The van der Waals surface area contributed by atoms with Gasteiger partial charge in [-0.05, 0) is 12.8 Å². The van der Waals surface area contributed by atoms with Crippen LogP contribution in [0.1, 0.15) is 18.9 Å². The Morgan fingerprint density at radius 3 is 2.95 bits per heavy atom. The van der Waals surface area contributed by atoms with Crippen LogP contribution < -0.4 is 5.73 Å². The number of rotatable bonds is 2. The van der Waals surface area contributed by atoms with E-state index in [4.69, 9.17) is 5.73 Å². The van der Waals surface area contributed by atoms with Crippen LogP contribution in [0, 0.1) is 22.8 Å². The van der Waals surface area contributed by atoms with Crippen LogP contribution in [0.2, 0.25) is 0 Å². The van der Waals surface area contributed by atoms with Crippen molar-refractivity contribution in [3.05, 3.63) is 12.4 Å². The van der Waals surface area contributed by atoms with Crippen LogP contribution in [0.25, 0.3) is 11.2 Å². The lowest BCUT2D eigenvalue weighted by Crippen LogP contribution is -2.31. The van der Waals surface area contributed by atoms with Gasteiger partial charge in [-0.1, -0.05) is 0 Å². The first-order valence-corrected chi connectivity index (χ1v) is 6.36. The molecule has 9 heteroatoms. The molecule has 3 unspecified atom stereocenters. The first-order valence-electron chi connectivity index (χ1n) is 6.36. The highest BCUT2D eigenvalue weighted by Crippen LogP contribution is 2.44. The summed E-state index contributed by atoms with van der Waals surface area (Å²) in [5.74, 6) is -0.0662. The molecule has 1 aliphatic rings. The van der Waals surface area contributed by atoms with E-state index in [0.717, 1.165) is 0 Å². The van der Waals surface area contributed by atoms with Crippen molar-refractivity contribution in [2.24, 2.45) is 5.41 Å². The van der Waals surface area contributed by atoms with Gasteiger partial charge < -0.3 is 20.5 Å². The summed E-state index contributed by atoms with van der Waals surface area (Å²) in [7, 11) is 0. The van der Waals surface area contributed by atoms with E-state index in [-0.39, 0.29) is 35.9 Å². The number of nitrogens with two attached hydrogens (primary N) is 1. The Morgan fingerprint density at radius 2 is 2.33 bits per heavy atom. The quantitative estimate of drug-likeness (QED) is 0.649. The lowest BCUT2D eigenvalue weighted by Gasteiger charge is -2.21. The normalized spacial score (nSPS) is 28.9. The molecule has 0 bridgehead atoms. The molecule has 0 amide bonds. The zero-order chi connectivity index (χ0) is 15.2. The average Bonchev–Trinajstić information content (AvgIpc) is 3.00. The number of nitrogens with zero attached hydrogens (tertiary/aromatic N) is 5. The second-order valence-corrected chi connectivity index (χ2v) is 5.24. The highest BCUT2D eigenvalue weighted by Gasteiger charge is 2.48. The van der Waals surface area contributed by atoms with E-state index >= 15 is 0 Å². The zero-order valence-electron chi connectivity index (χ0n) is 10.9. The number of hydrogen-bond acceptors (Lipinski definition) is 7. The number of halogens is 1. The molecule has 0 radical (unpaired) electrons. The summed E-state index contributed by atoms with van der Waals surface area (Å²) in [4.78, 5) is 11.1. The molecular weight excluding hydrogens is 279 g/mol. The molecule has 3 atom stereocenters. The van der Waals surface area contributed by atoms with Gasteiger partial charge in [0.25, 0.3) is 0 Å². The van der Waals surface area contributed by atoms with Crippen LogP contribution in [0.3, 0.4) is 0 Å². The maximum atomic E-state index is 13.3. The highest BCUT2D eigenvalue weighted by atomic mass is 19.1. The van der Waals surface area contributed by atoms with Gasteiger partial charge in [0.15, 0.2) is 11.5 Å². The van der Waals surface area contributed by atoms with Crippen molar-refractivity contribution in [2.45, 2.75) is 25.0 Å². The molecule has 1 saturated carbocycles. The van der Waals surface area contributed by atoms with Gasteiger partial charge in [-0.3, -0.25) is 0 Å². The molecule has 0 aliphatic heterocycles. The fraction of sp³-hybridized carbons (Fsp3) is 0.500. The minimum atomic E-state index is -1.22. The van der Waals surface area contributed by atoms with Crippen LogP contribution in [-0.4, -0.2) is 42.4 Å². The van der Waals surface area contributed by atoms with Crippen molar-refractivity contribution < 1.29 is 14.6 Å². The van der Waals surface area contributed by atoms with E-state index < -0.39 is 24.2 Å². The molecule has 4 N–H and O–H groups in total. The average molecular weight is 292 g/mol. The Balaban J connectivity index is 2.05. The van der Waals surface area contributed by atoms with Gasteiger partial charge in [0.2, 0.25) is 0 Å². The third-order valence-electron chi connectivity index (χ3n) is 4.05. The number of aromatic nitrogens is 4. The number of aliphatic hydroxyl groups is 2. The zero-order valence-corrected chi connectivity index (χ0v) is 10.9. The Kier molecular flexibility index (Phi) is 3.00. The number of nitriles is 1. The summed E-state index contributed by atoms with van der Waals surface area (Å²) in [6.07, 6.45) is -0.0475. The third-order valence-corrected chi connectivity index (χ3v) is 4.05. The minimum Gasteiger partial charge on any atom is -0.395 e. The Morgan fingerprint density at radius 1 is 1.57 bits per heavy atom. The van der Waals surface area contributed by atoms with Gasteiger partial charge in [0.1, 0.15) is 10.9 Å². The third kappa shape index (κ3) is 1.91. The highest BCUT2D eigenvalue weighted by molar-refractivity contribution is 5.81. The van der Waals surface area contributed by atoms with E-state index in [1.807, 2.05) is 6.07 Å². The van der Waals surface area contributed by atoms with Crippen molar-refractivity contribution >= 4 is 17.0 Å². The standard InChI is InChI=1S/C12H13FN6O2/c13-11-17-9(15)8-10(18-11)19(5-16-8)6-1-7(21)12(2-6,3-14)4-20/h5-7,20-21H,1-2,4H2,(H2,15,17,18). The number of nitrogen functional groups attached to an aromatic ring is 1. The molecule has 8 nitrogen and oxygen atoms in total. The van der Waals surface area contributed by atoms with E-state index in [9.17, 15) is 19.9 Å². The van der Waals surface area contributed by atoms with Crippen LogP contribution in [-0.2, 0) is 0 Å². The minimum absolute atomic E-state index is 0.0662. The summed E-state index contributed by atoms with van der Waals surface area (Å²) in [6, 6.07) is 1.65. The van der Waals surface area contributed by atoms with E-state index in [0.29, 0.717) is 0 Å². The molecule has 110 valence electrons. The lowest BCUT2D eigenvalue weighted by atomic mass is 9.87. The maximum absolute atomic E-state index is 13.3. The Labute approximate surface area is 118 Å². The molecule has 2 heterocycles. The van der Waals surface area contributed by atoms with Gasteiger partial charge >= 0.3 is 6.08 Å². The smallest absolute Gasteiger partial charge is 0.312 e. The van der Waals surface area contributed by atoms with E-state index in [1.54, 1.807) is 4.57 Å². The van der Waals surface area contributed by atoms with Crippen molar-refractivity contribution in [3.8, 4) is 6.07 Å². The summed E-state index contributed by atoms with van der Waals surface area (Å²) in [6.45, 7) is -0.445. The van der Waals surface area contributed by atoms with Crippen molar-refractivity contribution in [3.63, 3.8) is 0 Å². The SMILES string of the molecule is N#CC1(CO)CC(n2cnc3c(N)nc(F)nc32)CC1O. The Bertz CT molecular complexity index is 741. The molecule has 2 aromatic heterocycles. The van der Waals surface area contributed by atoms with Crippen LogP contribution >= 0.6 is 0 Å². The number of fused-ring (bicyclic) bond motifs is 1. The summed E-state index contributed by atoms with van der Waals surface area (Å²) >= 11 is 0. The largest absolute Gasteiger partial charge is 0.395 e. The van der Waals surface area contributed by atoms with Gasteiger partial charge in [-0.15, -0.1) is 0 Å². The predicted octanol–water partition coefficient (Wildman–Crippen LogP) is -0.254. The molecule has 2 aromatic rings. The van der Waals surface area contributed by atoms with Crippen molar-refractivity contribution in [1.29, 1.82) is 5.26 Å². The first-order chi connectivity index (χ1) is 10.0. The Hall–Kier alpha value is -2.31. The molecule has 21 heavy (non-hydrogen) atoms. The van der Waals surface area contributed by atoms with Crippen molar-refractivity contribution in [1.82, 2.24) is 19.5 Å². The topological polar surface area (TPSA) is 134 Å². The number of anilines is 1. The van der Waals surface area contributed by atoms with Crippen LogP contribution in [0.5, 0.6) is 0 Å². The van der Waals surface area contributed by atoms with Crippen molar-refractivity contribution in [2.75, 3.05) is 12.3 Å². The maximum Gasteiger partial charge on any atom is 0.312 e. The lowest BCUT2D eigenvalue weighted by molar-refractivity contribution is 0.0460. The number of imidazole rings is 1. The van der Waals surface area contributed by atoms with Gasteiger partial charge in [0.05, 0.1) is 25.1 Å². The molecule has 0 spiro atoms. The fourth-order valence-electron chi connectivity index (χ4n) is 2.84. The predicted molar refractivity (Wildman–Crippen MR) is 69.1 cm³/mol. The second-order valence-electron chi connectivity index (χ2n) is 5.24. The van der Waals surface area contributed by atoms with Gasteiger partial charge in [-0.2, -0.15) is 19.6 Å². The van der Waals surface area contributed by atoms with E-state index in [2.05, 4.69) is 15.0 Å². The first kappa shape index (κ1) is 13.7. The van der Waals surface area contributed by atoms with Crippen LogP contribution in [0.15, 0.2) is 6.33 Å². The number of hydrogen-bond donors (Lipinski definition) is 3. The monoisotopic (exact) mass is 292 g/mol. The fourth-order valence-corrected chi connectivity index (χ4v) is 2.84. The molecule has 0 saturated heterocycles. The summed E-state index contributed by atoms with van der Waals surface area (Å²) < 4.78 is 14.9. The van der Waals surface area contributed by atoms with E-state index in [1.165, 1.54) is 6.33 Å². The number of aliphatic hydroxyl groups excluding tert-OH is 2. The molecular formula is C12H13FN6O2. The molecule has 1 aliphatic carbocycles. The van der Waals surface area contributed by atoms with Gasteiger partial charge in [-0.25, -0.2) is 4.98 Å². The second kappa shape index (κ2) is 4.61. The molecule has 0 aromatic carbocycles. The summed E-state index contributed by atoms with van der Waals surface area (Å²) in [5, 5.41) is 28.6. The molecule has 1 fully saturated rings. The molecule has 3 rings (SSSR count). The summed E-state index contributed by atoms with van der Waals surface area (Å²) in [5.41, 5.74) is 4.85.